The molecule has 2 aromatic carbocycles. The van der Waals surface area contributed by atoms with E-state index in [0.29, 0.717) is 24.5 Å². The number of hydrogen-bond donors (Lipinski definition) is 0. The normalized spacial score (nSPS) is 21.0. The van der Waals surface area contributed by atoms with Gasteiger partial charge in [-0.15, -0.1) is 0 Å². The maximum Gasteiger partial charge on any atom is 0.411 e. The lowest BCUT2D eigenvalue weighted by molar-refractivity contribution is -0.143. The van der Waals surface area contributed by atoms with Gasteiger partial charge in [-0.1, -0.05) is 0 Å². The Labute approximate surface area is 249 Å². The molecule has 3 aliphatic rings. The molecular weight excluding hydrogens is 556 g/mol. The Morgan fingerprint density at radius 1 is 1.09 bits per heavy atom. The molecule has 2 fully saturated rings. The van der Waals surface area contributed by atoms with Crippen molar-refractivity contribution in [1.29, 1.82) is 0 Å². The number of carbonyl (C=O) groups excluding carboxylic acids is 2. The van der Waals surface area contributed by atoms with Crippen molar-refractivity contribution in [3.8, 4) is 16.9 Å². The molecule has 1 aliphatic carbocycles. The van der Waals surface area contributed by atoms with Crippen LogP contribution in [0.3, 0.4) is 0 Å². The van der Waals surface area contributed by atoms with Gasteiger partial charge in [-0.05, 0) is 86.6 Å². The van der Waals surface area contributed by atoms with E-state index >= 15 is 0 Å². The second-order valence-electron chi connectivity index (χ2n) is 11.4. The molecule has 3 aromatic rings. The number of esters is 1. The Hall–Kier alpha value is -4.21. The highest BCUT2D eigenvalue weighted by molar-refractivity contribution is 5.78. The van der Waals surface area contributed by atoms with Gasteiger partial charge in [0.25, 0.3) is 0 Å². The van der Waals surface area contributed by atoms with Crippen molar-refractivity contribution in [2.75, 3.05) is 31.7 Å². The predicted octanol–water partition coefficient (Wildman–Crippen LogP) is 6.31. The Balaban J connectivity index is 1.37. The van der Waals surface area contributed by atoms with Crippen molar-refractivity contribution in [1.82, 2.24) is 9.88 Å². The number of nitrogens with zero attached hydrogens (tertiary/aromatic N) is 3. The first kappa shape index (κ1) is 28.9. The summed E-state index contributed by atoms with van der Waals surface area (Å²) in [5, 5.41) is 0. The molecule has 2 unspecified atom stereocenters. The third kappa shape index (κ3) is 5.62. The first-order valence-electron chi connectivity index (χ1n) is 14.8. The molecule has 8 nitrogen and oxygen atoms in total. The molecule has 1 amide bonds. The number of benzene rings is 2. The van der Waals surface area contributed by atoms with Gasteiger partial charge in [0, 0.05) is 35.8 Å². The zero-order valence-electron chi connectivity index (χ0n) is 24.6. The number of carbonyl (C=O) groups is 2. The third-order valence-corrected chi connectivity index (χ3v) is 8.74. The summed E-state index contributed by atoms with van der Waals surface area (Å²) < 4.78 is 44.7. The van der Waals surface area contributed by atoms with E-state index in [4.69, 9.17) is 19.2 Å². The van der Waals surface area contributed by atoms with Crippen LogP contribution in [-0.4, -0.2) is 54.8 Å². The molecule has 226 valence electrons. The van der Waals surface area contributed by atoms with Gasteiger partial charge in [0.1, 0.15) is 29.3 Å². The van der Waals surface area contributed by atoms with Crippen LogP contribution < -0.4 is 9.64 Å². The number of halogens is 2. The zero-order chi connectivity index (χ0) is 30.2. The molecule has 43 heavy (non-hydrogen) atoms. The van der Waals surface area contributed by atoms with E-state index in [9.17, 15) is 18.4 Å². The summed E-state index contributed by atoms with van der Waals surface area (Å²) in [6, 6.07) is 10.8. The molecule has 0 N–H and O–H groups in total. The van der Waals surface area contributed by atoms with Crippen LogP contribution in [0.5, 0.6) is 5.75 Å². The molecule has 0 bridgehead atoms. The van der Waals surface area contributed by atoms with Crippen LogP contribution in [0.1, 0.15) is 67.5 Å². The lowest BCUT2D eigenvalue weighted by Crippen LogP contribution is -2.38. The fraction of sp³-hybridized carbons (Fsp3) is 0.424. The van der Waals surface area contributed by atoms with E-state index in [1.807, 2.05) is 18.2 Å². The topological polar surface area (TPSA) is 81.2 Å². The number of ether oxygens (including phenoxy) is 3. The highest BCUT2D eigenvalue weighted by atomic mass is 19.1. The number of cyclic esters (lactones) is 1. The number of aryl methyl sites for hydroxylation is 1. The quantitative estimate of drug-likeness (QED) is 0.270. The fourth-order valence-electron chi connectivity index (χ4n) is 6.37. The fourth-order valence-corrected chi connectivity index (χ4v) is 6.37. The van der Waals surface area contributed by atoms with Crippen LogP contribution >= 0.6 is 0 Å². The van der Waals surface area contributed by atoms with Crippen LogP contribution in [0.25, 0.3) is 11.1 Å². The molecule has 1 aromatic heterocycles. The minimum absolute atomic E-state index is 0.0384. The van der Waals surface area contributed by atoms with Crippen LogP contribution in [0.15, 0.2) is 42.5 Å². The van der Waals surface area contributed by atoms with E-state index in [0.717, 1.165) is 66.5 Å². The summed E-state index contributed by atoms with van der Waals surface area (Å²) in [6.45, 7) is 5.87. The Bertz CT molecular complexity index is 1540. The smallest absolute Gasteiger partial charge is 0.411 e. The van der Waals surface area contributed by atoms with Crippen molar-refractivity contribution in [3.05, 3.63) is 76.5 Å². The number of amides is 1. The van der Waals surface area contributed by atoms with Crippen molar-refractivity contribution in [2.24, 2.45) is 0 Å². The highest BCUT2D eigenvalue weighted by Crippen LogP contribution is 2.44. The van der Waals surface area contributed by atoms with E-state index in [-0.39, 0.29) is 24.0 Å². The van der Waals surface area contributed by atoms with Gasteiger partial charge in [-0.25, -0.2) is 18.6 Å². The number of anilines is 1. The average molecular weight is 592 g/mol. The van der Waals surface area contributed by atoms with Gasteiger partial charge in [-0.3, -0.25) is 9.69 Å². The Morgan fingerprint density at radius 3 is 2.53 bits per heavy atom. The molecule has 3 heterocycles. The van der Waals surface area contributed by atoms with E-state index < -0.39 is 29.9 Å². The average Bonchev–Trinajstić information content (AvgIpc) is 3.46. The van der Waals surface area contributed by atoms with Gasteiger partial charge >= 0.3 is 12.1 Å². The van der Waals surface area contributed by atoms with Gasteiger partial charge < -0.3 is 19.1 Å². The number of aromatic nitrogens is 1. The predicted molar refractivity (Wildman–Crippen MR) is 156 cm³/mol. The van der Waals surface area contributed by atoms with Crippen LogP contribution in [0.4, 0.5) is 19.4 Å². The van der Waals surface area contributed by atoms with Crippen molar-refractivity contribution >= 4 is 17.9 Å². The molecule has 0 spiro atoms. The van der Waals surface area contributed by atoms with E-state index in [1.54, 1.807) is 25.9 Å². The number of rotatable bonds is 9. The largest absolute Gasteiger partial charge is 0.496 e. The Kier molecular flexibility index (Phi) is 7.94. The van der Waals surface area contributed by atoms with Gasteiger partial charge in [0.2, 0.25) is 0 Å². The SMILES string of the molecule is CCOC(=O)CC1CCc2cc(OC)c(-c3ccc(N4CCC4)nc3CN3C(=O)O[C@H](c4cc(F)cc(F)c4)C3C)cc21. The van der Waals surface area contributed by atoms with Crippen molar-refractivity contribution in [2.45, 2.75) is 64.1 Å². The number of pyridine rings is 1. The van der Waals surface area contributed by atoms with Crippen LogP contribution in [0.2, 0.25) is 0 Å². The molecule has 0 radical (unpaired) electrons. The molecule has 10 heteroatoms. The number of hydrogen-bond acceptors (Lipinski definition) is 7. The lowest BCUT2D eigenvalue weighted by Gasteiger charge is -2.33. The minimum atomic E-state index is -0.835. The summed E-state index contributed by atoms with van der Waals surface area (Å²) in [5.41, 5.74) is 4.76. The first-order chi connectivity index (χ1) is 20.7. The van der Waals surface area contributed by atoms with Gasteiger partial charge in [0.05, 0.1) is 38.4 Å². The van der Waals surface area contributed by atoms with Crippen LogP contribution in [-0.2, 0) is 27.2 Å². The minimum Gasteiger partial charge on any atom is -0.496 e. The van der Waals surface area contributed by atoms with Crippen molar-refractivity contribution in [3.63, 3.8) is 0 Å². The third-order valence-electron chi connectivity index (χ3n) is 8.74. The van der Waals surface area contributed by atoms with Gasteiger partial charge in [-0.2, -0.15) is 0 Å². The lowest BCUT2D eigenvalue weighted by atomic mass is 9.92. The second-order valence-corrected chi connectivity index (χ2v) is 11.4. The molecular formula is C33H35F2N3O5. The summed E-state index contributed by atoms with van der Waals surface area (Å²) in [6.07, 6.45) is 1.66. The van der Waals surface area contributed by atoms with Crippen LogP contribution in [0, 0.1) is 11.6 Å². The number of fused-ring (bicyclic) bond motifs is 1. The molecule has 2 aliphatic heterocycles. The van der Waals surface area contributed by atoms with Gasteiger partial charge in [0.15, 0.2) is 0 Å². The summed E-state index contributed by atoms with van der Waals surface area (Å²) in [4.78, 5) is 34.2. The monoisotopic (exact) mass is 591 g/mol. The second kappa shape index (κ2) is 11.8. The van der Waals surface area contributed by atoms with E-state index in [1.165, 1.54) is 12.1 Å². The summed E-state index contributed by atoms with van der Waals surface area (Å²) in [5.74, 6) is -0.139. The maximum absolute atomic E-state index is 14.0. The molecule has 6 rings (SSSR count). The van der Waals surface area contributed by atoms with Crippen molar-refractivity contribution < 1.29 is 32.6 Å². The molecule has 0 saturated carbocycles. The summed E-state index contributed by atoms with van der Waals surface area (Å²) in [7, 11) is 1.63. The molecule has 3 atom stereocenters. The maximum atomic E-state index is 14.0. The zero-order valence-corrected chi connectivity index (χ0v) is 24.6. The van der Waals surface area contributed by atoms with E-state index in [2.05, 4.69) is 11.0 Å². The first-order valence-corrected chi connectivity index (χ1v) is 14.8. The number of methoxy groups -OCH3 is 1. The molecule has 2 saturated heterocycles. The Morgan fingerprint density at radius 2 is 1.86 bits per heavy atom. The summed E-state index contributed by atoms with van der Waals surface area (Å²) >= 11 is 0. The standard InChI is InChI=1S/C33H35F2N3O5/c1-4-42-31(39)15-21-7-6-20-14-29(41-3)27(17-26(20)21)25-8-9-30(37-10-5-11-37)36-28(25)18-38-19(2)32(43-33(38)40)22-12-23(34)16-24(35)13-22/h8-9,12-14,16-17,19,21,32H,4-7,10-11,15,18H2,1-3H3/t19?,21?,32-/m0/s1. The highest BCUT2D eigenvalue weighted by Gasteiger charge is 2.41.